The molecular formula is C12H12ClN3O2S. The maximum absolute atomic E-state index is 10.9. The summed E-state index contributed by atoms with van der Waals surface area (Å²) < 4.78 is 5.25. The van der Waals surface area contributed by atoms with Crippen molar-refractivity contribution < 1.29 is 9.53 Å². The molecule has 7 heteroatoms. The van der Waals surface area contributed by atoms with Gasteiger partial charge in [-0.05, 0) is 25.1 Å². The van der Waals surface area contributed by atoms with E-state index in [1.165, 1.54) is 18.7 Å². The van der Waals surface area contributed by atoms with Crippen molar-refractivity contribution in [3.05, 3.63) is 23.2 Å². The number of aromatic nitrogens is 3. The predicted molar refractivity (Wildman–Crippen MR) is 74.8 cm³/mol. The third-order valence-corrected chi connectivity index (χ3v) is 3.51. The molecule has 2 aromatic rings. The molecule has 0 unspecified atom stereocenters. The van der Waals surface area contributed by atoms with Crippen LogP contribution >= 0.6 is 23.4 Å². The Morgan fingerprint density at radius 2 is 2.32 bits per heavy atom. The summed E-state index contributed by atoms with van der Waals surface area (Å²) in [4.78, 5) is 15.2. The van der Waals surface area contributed by atoms with Gasteiger partial charge in [0, 0.05) is 5.02 Å². The van der Waals surface area contributed by atoms with Crippen LogP contribution in [0.2, 0.25) is 5.02 Å². The lowest BCUT2D eigenvalue weighted by atomic mass is 10.2. The smallest absolute Gasteiger partial charge is 0.209 e. The first-order valence-corrected chi connectivity index (χ1v) is 6.85. The topological polar surface area (TPSA) is 67.9 Å². The van der Waals surface area contributed by atoms with E-state index < -0.39 is 0 Å². The fourth-order valence-electron chi connectivity index (χ4n) is 1.46. The van der Waals surface area contributed by atoms with Crippen molar-refractivity contribution in [3.63, 3.8) is 0 Å². The van der Waals surface area contributed by atoms with Crippen molar-refractivity contribution in [1.82, 2.24) is 15.2 Å². The van der Waals surface area contributed by atoms with Gasteiger partial charge in [-0.3, -0.25) is 9.89 Å². The molecule has 0 amide bonds. The van der Waals surface area contributed by atoms with E-state index in [0.717, 1.165) is 5.56 Å². The first-order valence-electron chi connectivity index (χ1n) is 5.48. The van der Waals surface area contributed by atoms with E-state index in [0.29, 0.717) is 27.5 Å². The number of carbonyl (C=O) groups excluding carboxylic acids is 1. The minimum absolute atomic E-state index is 0.0803. The molecule has 0 radical (unpaired) electrons. The number of ether oxygens (including phenoxy) is 1. The Labute approximate surface area is 119 Å². The molecule has 1 N–H and O–H groups in total. The molecule has 1 heterocycles. The van der Waals surface area contributed by atoms with Gasteiger partial charge >= 0.3 is 0 Å². The molecule has 0 aliphatic rings. The van der Waals surface area contributed by atoms with Gasteiger partial charge in [0.2, 0.25) is 5.16 Å². The molecule has 19 heavy (non-hydrogen) atoms. The lowest BCUT2D eigenvalue weighted by Gasteiger charge is -2.05. The summed E-state index contributed by atoms with van der Waals surface area (Å²) in [7, 11) is 1.58. The number of benzene rings is 1. The molecule has 5 nitrogen and oxygen atoms in total. The second-order valence-electron chi connectivity index (χ2n) is 3.80. The summed E-state index contributed by atoms with van der Waals surface area (Å²) >= 11 is 7.25. The van der Waals surface area contributed by atoms with E-state index in [1.807, 2.05) is 0 Å². The molecule has 0 bridgehead atoms. The fourth-order valence-corrected chi connectivity index (χ4v) is 2.23. The lowest BCUT2D eigenvalue weighted by molar-refractivity contribution is -0.114. The Bertz CT molecular complexity index is 600. The highest BCUT2D eigenvalue weighted by molar-refractivity contribution is 7.99. The fraction of sp³-hybridized carbons (Fsp3) is 0.250. The zero-order chi connectivity index (χ0) is 13.8. The van der Waals surface area contributed by atoms with E-state index in [-0.39, 0.29) is 5.78 Å². The van der Waals surface area contributed by atoms with Gasteiger partial charge in [0.25, 0.3) is 0 Å². The average Bonchev–Trinajstić information content (AvgIpc) is 2.85. The molecule has 0 atom stereocenters. The molecule has 0 spiro atoms. The number of Topliss-reactive ketones (excluding diaryl/α,β-unsaturated/α-hetero) is 1. The van der Waals surface area contributed by atoms with Crippen LogP contribution in [0, 0.1) is 0 Å². The van der Waals surface area contributed by atoms with Gasteiger partial charge in [-0.25, -0.2) is 4.98 Å². The minimum atomic E-state index is 0.0803. The van der Waals surface area contributed by atoms with Crippen LogP contribution in [-0.4, -0.2) is 33.8 Å². The number of rotatable bonds is 5. The molecule has 0 saturated carbocycles. The van der Waals surface area contributed by atoms with Gasteiger partial charge in [0.15, 0.2) is 5.82 Å². The molecular weight excluding hydrogens is 286 g/mol. The van der Waals surface area contributed by atoms with Gasteiger partial charge in [-0.1, -0.05) is 23.4 Å². The van der Waals surface area contributed by atoms with Crippen molar-refractivity contribution in [2.24, 2.45) is 0 Å². The number of ketones is 1. The average molecular weight is 298 g/mol. The van der Waals surface area contributed by atoms with E-state index in [2.05, 4.69) is 15.2 Å². The van der Waals surface area contributed by atoms with E-state index in [4.69, 9.17) is 16.3 Å². The van der Waals surface area contributed by atoms with E-state index in [9.17, 15) is 4.79 Å². The SMILES string of the molecule is COc1ccc(Cl)cc1-c1nc(SCC(C)=O)n[nH]1. The van der Waals surface area contributed by atoms with Crippen LogP contribution in [0.5, 0.6) is 5.75 Å². The van der Waals surface area contributed by atoms with Crippen LogP contribution < -0.4 is 4.74 Å². The van der Waals surface area contributed by atoms with Gasteiger partial charge in [0.1, 0.15) is 11.5 Å². The number of carbonyl (C=O) groups is 1. The van der Waals surface area contributed by atoms with Crippen molar-refractivity contribution >= 4 is 29.1 Å². The largest absolute Gasteiger partial charge is 0.496 e. The highest BCUT2D eigenvalue weighted by atomic mass is 35.5. The van der Waals surface area contributed by atoms with Gasteiger partial charge in [-0.15, -0.1) is 5.10 Å². The second kappa shape index (κ2) is 6.08. The summed E-state index contributed by atoms with van der Waals surface area (Å²) in [6, 6.07) is 5.26. The Balaban J connectivity index is 2.27. The number of halogens is 1. The third-order valence-electron chi connectivity index (χ3n) is 2.29. The number of methoxy groups -OCH3 is 1. The zero-order valence-electron chi connectivity index (χ0n) is 10.4. The van der Waals surface area contributed by atoms with Crippen LogP contribution in [0.15, 0.2) is 23.4 Å². The third kappa shape index (κ3) is 3.48. The van der Waals surface area contributed by atoms with Crippen molar-refractivity contribution in [1.29, 1.82) is 0 Å². The molecule has 1 aromatic carbocycles. The van der Waals surface area contributed by atoms with Crippen LogP contribution in [0.3, 0.4) is 0 Å². The molecule has 0 aliphatic heterocycles. The first kappa shape index (κ1) is 13.9. The number of H-pyrrole nitrogens is 1. The Hall–Kier alpha value is -1.53. The highest BCUT2D eigenvalue weighted by Crippen LogP contribution is 2.31. The molecule has 0 aliphatic carbocycles. The summed E-state index contributed by atoms with van der Waals surface area (Å²) in [5, 5.41) is 7.97. The van der Waals surface area contributed by atoms with Crippen LogP contribution in [0.1, 0.15) is 6.92 Å². The standard InChI is InChI=1S/C12H12ClN3O2S/c1-7(17)6-19-12-14-11(15-16-12)9-5-8(13)3-4-10(9)18-2/h3-5H,6H2,1-2H3,(H,14,15,16). The number of nitrogens with zero attached hydrogens (tertiary/aromatic N) is 2. The van der Waals surface area contributed by atoms with Gasteiger partial charge in [-0.2, -0.15) is 0 Å². The Morgan fingerprint density at radius 3 is 3.00 bits per heavy atom. The molecule has 100 valence electrons. The number of hydrogen-bond donors (Lipinski definition) is 1. The Morgan fingerprint density at radius 1 is 1.53 bits per heavy atom. The summed E-state index contributed by atoms with van der Waals surface area (Å²) in [6.07, 6.45) is 0. The monoisotopic (exact) mass is 297 g/mol. The molecule has 1 aromatic heterocycles. The summed E-state index contributed by atoms with van der Waals surface area (Å²) in [6.45, 7) is 1.53. The Kier molecular flexibility index (Phi) is 4.44. The maximum Gasteiger partial charge on any atom is 0.209 e. The maximum atomic E-state index is 10.9. The molecule has 0 fully saturated rings. The van der Waals surface area contributed by atoms with Gasteiger partial charge < -0.3 is 4.74 Å². The molecule has 2 rings (SSSR count). The summed E-state index contributed by atoms with van der Waals surface area (Å²) in [5.41, 5.74) is 0.733. The van der Waals surface area contributed by atoms with E-state index in [1.54, 1.807) is 25.3 Å². The van der Waals surface area contributed by atoms with Crippen LogP contribution in [0.25, 0.3) is 11.4 Å². The van der Waals surface area contributed by atoms with Crippen molar-refractivity contribution in [2.45, 2.75) is 12.1 Å². The number of aromatic amines is 1. The minimum Gasteiger partial charge on any atom is -0.496 e. The normalized spacial score (nSPS) is 10.5. The number of nitrogens with one attached hydrogen (secondary N) is 1. The zero-order valence-corrected chi connectivity index (χ0v) is 12.0. The second-order valence-corrected chi connectivity index (χ2v) is 5.18. The van der Waals surface area contributed by atoms with Crippen LogP contribution in [-0.2, 0) is 4.79 Å². The quantitative estimate of drug-likeness (QED) is 0.860. The van der Waals surface area contributed by atoms with E-state index >= 15 is 0 Å². The number of thioether (sulfide) groups is 1. The van der Waals surface area contributed by atoms with Crippen molar-refractivity contribution in [2.75, 3.05) is 12.9 Å². The summed E-state index contributed by atoms with van der Waals surface area (Å²) in [5.74, 6) is 1.65. The van der Waals surface area contributed by atoms with Gasteiger partial charge in [0.05, 0.1) is 18.4 Å². The molecule has 0 saturated heterocycles. The van der Waals surface area contributed by atoms with Crippen LogP contribution in [0.4, 0.5) is 0 Å². The lowest BCUT2D eigenvalue weighted by Crippen LogP contribution is -1.93. The van der Waals surface area contributed by atoms with Crippen molar-refractivity contribution in [3.8, 4) is 17.1 Å². The first-order chi connectivity index (χ1) is 9.10. The predicted octanol–water partition coefficient (Wildman–Crippen LogP) is 2.81. The highest BCUT2D eigenvalue weighted by Gasteiger charge is 2.12. The number of hydrogen-bond acceptors (Lipinski definition) is 5.